The van der Waals surface area contributed by atoms with Crippen LogP contribution in [0.25, 0.3) is 11.2 Å². The minimum atomic E-state index is 0.370. The van der Waals surface area contributed by atoms with Gasteiger partial charge in [0.05, 0.1) is 5.69 Å². The van der Waals surface area contributed by atoms with Crippen LogP contribution in [0.2, 0.25) is 0 Å². The third-order valence-electron chi connectivity index (χ3n) is 2.92. The van der Waals surface area contributed by atoms with E-state index in [1.54, 1.807) is 0 Å². The van der Waals surface area contributed by atoms with Crippen LogP contribution in [-0.4, -0.2) is 19.5 Å². The number of imidazole rings is 1. The maximum atomic E-state index is 4.63. The van der Waals surface area contributed by atoms with Crippen molar-refractivity contribution in [3.63, 3.8) is 0 Å². The lowest BCUT2D eigenvalue weighted by Gasteiger charge is -2.11. The molecule has 0 atom stereocenters. The van der Waals surface area contributed by atoms with Crippen LogP contribution < -0.4 is 0 Å². The van der Waals surface area contributed by atoms with Gasteiger partial charge in [-0.1, -0.05) is 13.8 Å². The fraction of sp³-hybridized carbons (Fsp3) is 0.615. The Morgan fingerprint density at radius 1 is 0.941 bits per heavy atom. The van der Waals surface area contributed by atoms with E-state index in [2.05, 4.69) is 47.2 Å². The van der Waals surface area contributed by atoms with Gasteiger partial charge in [-0.05, 0) is 33.6 Å². The fourth-order valence-electron chi connectivity index (χ4n) is 2.24. The van der Waals surface area contributed by atoms with Gasteiger partial charge in [0.1, 0.15) is 17.2 Å². The second kappa shape index (κ2) is 4.09. The molecule has 2 aromatic rings. The number of aromatic nitrogens is 4. The van der Waals surface area contributed by atoms with Crippen LogP contribution in [0, 0.1) is 13.8 Å². The lowest BCUT2D eigenvalue weighted by molar-refractivity contribution is 0.594. The zero-order chi connectivity index (χ0) is 12.7. The second-order valence-corrected chi connectivity index (χ2v) is 5.11. The summed E-state index contributed by atoms with van der Waals surface area (Å²) in [7, 11) is 0. The normalized spacial score (nSPS) is 12.0. The Bertz CT molecular complexity index is 552. The zero-order valence-corrected chi connectivity index (χ0v) is 11.4. The highest BCUT2D eigenvalue weighted by Crippen LogP contribution is 2.25. The predicted molar refractivity (Wildman–Crippen MR) is 69.3 cm³/mol. The van der Waals surface area contributed by atoms with Crippen LogP contribution in [0.5, 0.6) is 0 Å². The molecule has 0 spiro atoms. The van der Waals surface area contributed by atoms with E-state index in [4.69, 9.17) is 0 Å². The van der Waals surface area contributed by atoms with E-state index < -0.39 is 0 Å². The summed E-state index contributed by atoms with van der Waals surface area (Å²) in [4.78, 5) is 13.7. The molecular weight excluding hydrogens is 212 g/mol. The van der Waals surface area contributed by atoms with Gasteiger partial charge in [-0.15, -0.1) is 0 Å². The molecule has 0 unspecified atom stereocenters. The summed E-state index contributed by atoms with van der Waals surface area (Å²) in [5.74, 6) is 2.20. The molecule has 17 heavy (non-hydrogen) atoms. The van der Waals surface area contributed by atoms with Crippen LogP contribution in [-0.2, 0) is 0 Å². The Morgan fingerprint density at radius 3 is 2.12 bits per heavy atom. The molecule has 0 N–H and O–H groups in total. The summed E-state index contributed by atoms with van der Waals surface area (Å²) in [6.45, 7) is 12.6. The molecule has 0 aliphatic rings. The Morgan fingerprint density at radius 2 is 1.59 bits per heavy atom. The second-order valence-electron chi connectivity index (χ2n) is 5.11. The Kier molecular flexibility index (Phi) is 2.89. The number of nitrogens with zero attached hydrogens (tertiary/aromatic N) is 4. The summed E-state index contributed by atoms with van der Waals surface area (Å²) >= 11 is 0. The predicted octanol–water partition coefficient (Wildman–Crippen LogP) is 3.15. The lowest BCUT2D eigenvalue weighted by Crippen LogP contribution is -2.06. The molecule has 92 valence electrons. The molecule has 0 fully saturated rings. The molecule has 0 amide bonds. The maximum Gasteiger partial charge on any atom is 0.164 e. The summed E-state index contributed by atoms with van der Waals surface area (Å²) < 4.78 is 2.18. The fourth-order valence-corrected chi connectivity index (χ4v) is 2.24. The Labute approximate surface area is 102 Å². The first kappa shape index (κ1) is 12.0. The average molecular weight is 232 g/mol. The van der Waals surface area contributed by atoms with Gasteiger partial charge in [-0.2, -0.15) is 0 Å². The van der Waals surface area contributed by atoms with Crippen molar-refractivity contribution in [3.8, 4) is 0 Å². The molecule has 4 nitrogen and oxygen atoms in total. The van der Waals surface area contributed by atoms with Gasteiger partial charge in [0, 0.05) is 6.04 Å². The quantitative estimate of drug-likeness (QED) is 0.799. The van der Waals surface area contributed by atoms with Gasteiger partial charge in [0.15, 0.2) is 5.65 Å². The van der Waals surface area contributed by atoms with Crippen molar-refractivity contribution in [1.29, 1.82) is 0 Å². The van der Waals surface area contributed by atoms with Crippen molar-refractivity contribution in [2.45, 2.75) is 53.5 Å². The van der Waals surface area contributed by atoms with E-state index in [1.807, 2.05) is 13.8 Å². The standard InChI is InChI=1S/C13H20N4/c1-7(2)11-12-13(15-9(5)14-11)17(8(3)4)10(6)16-12/h7-8H,1-6H3. The highest BCUT2D eigenvalue weighted by atomic mass is 15.2. The number of aryl methyl sites for hydroxylation is 2. The number of hydrogen-bond acceptors (Lipinski definition) is 3. The molecule has 0 saturated carbocycles. The molecule has 4 heteroatoms. The maximum absolute atomic E-state index is 4.63. The van der Waals surface area contributed by atoms with Gasteiger partial charge in [0.25, 0.3) is 0 Å². The number of rotatable bonds is 2. The van der Waals surface area contributed by atoms with Crippen molar-refractivity contribution in [3.05, 3.63) is 17.3 Å². The number of fused-ring (bicyclic) bond motifs is 1. The van der Waals surface area contributed by atoms with Crippen molar-refractivity contribution >= 4 is 11.2 Å². The summed E-state index contributed by atoms with van der Waals surface area (Å²) in [6, 6.07) is 0.370. The van der Waals surface area contributed by atoms with Crippen LogP contribution in [0.4, 0.5) is 0 Å². The van der Waals surface area contributed by atoms with E-state index in [0.717, 1.165) is 28.5 Å². The van der Waals surface area contributed by atoms with E-state index in [0.29, 0.717) is 12.0 Å². The van der Waals surface area contributed by atoms with Gasteiger partial charge in [-0.3, -0.25) is 0 Å². The minimum absolute atomic E-state index is 0.370. The zero-order valence-electron chi connectivity index (χ0n) is 11.4. The first-order chi connectivity index (χ1) is 7.91. The van der Waals surface area contributed by atoms with Crippen molar-refractivity contribution in [1.82, 2.24) is 19.5 Å². The molecule has 0 aliphatic carbocycles. The molecule has 0 aromatic carbocycles. The van der Waals surface area contributed by atoms with Gasteiger partial charge in [-0.25, -0.2) is 15.0 Å². The molecule has 0 bridgehead atoms. The summed E-state index contributed by atoms with van der Waals surface area (Å²) in [6.07, 6.45) is 0. The minimum Gasteiger partial charge on any atom is -0.310 e. The van der Waals surface area contributed by atoms with Crippen LogP contribution in [0.15, 0.2) is 0 Å². The highest BCUT2D eigenvalue weighted by molar-refractivity contribution is 5.75. The molecular formula is C13H20N4. The van der Waals surface area contributed by atoms with Crippen LogP contribution in [0.3, 0.4) is 0 Å². The van der Waals surface area contributed by atoms with Crippen molar-refractivity contribution in [2.24, 2.45) is 0 Å². The third kappa shape index (κ3) is 1.92. The first-order valence-corrected chi connectivity index (χ1v) is 6.15. The van der Waals surface area contributed by atoms with E-state index in [1.165, 1.54) is 0 Å². The van der Waals surface area contributed by atoms with Gasteiger partial charge in [0.2, 0.25) is 0 Å². The SMILES string of the molecule is Cc1nc(C(C)C)c2nc(C)n(C(C)C)c2n1. The molecule has 2 rings (SSSR count). The topological polar surface area (TPSA) is 43.6 Å². The average Bonchev–Trinajstić information content (AvgIpc) is 2.52. The first-order valence-electron chi connectivity index (χ1n) is 6.15. The Hall–Kier alpha value is -1.45. The van der Waals surface area contributed by atoms with Crippen LogP contribution in [0.1, 0.15) is 57.0 Å². The van der Waals surface area contributed by atoms with E-state index >= 15 is 0 Å². The number of hydrogen-bond donors (Lipinski definition) is 0. The molecule has 0 radical (unpaired) electrons. The molecule has 0 saturated heterocycles. The molecule has 2 heterocycles. The van der Waals surface area contributed by atoms with Gasteiger partial charge < -0.3 is 4.57 Å². The summed E-state index contributed by atoms with van der Waals surface area (Å²) in [5, 5.41) is 0. The monoisotopic (exact) mass is 232 g/mol. The molecule has 0 aliphatic heterocycles. The lowest BCUT2D eigenvalue weighted by atomic mass is 10.1. The Balaban J connectivity index is 2.84. The van der Waals surface area contributed by atoms with Crippen molar-refractivity contribution in [2.75, 3.05) is 0 Å². The van der Waals surface area contributed by atoms with Crippen molar-refractivity contribution < 1.29 is 0 Å². The molecule has 2 aromatic heterocycles. The smallest absolute Gasteiger partial charge is 0.164 e. The van der Waals surface area contributed by atoms with E-state index in [-0.39, 0.29) is 0 Å². The van der Waals surface area contributed by atoms with Crippen LogP contribution >= 0.6 is 0 Å². The van der Waals surface area contributed by atoms with Gasteiger partial charge >= 0.3 is 0 Å². The summed E-state index contributed by atoms with van der Waals surface area (Å²) in [5.41, 5.74) is 2.97. The largest absolute Gasteiger partial charge is 0.310 e. The highest BCUT2D eigenvalue weighted by Gasteiger charge is 2.17. The third-order valence-corrected chi connectivity index (χ3v) is 2.92. The van der Waals surface area contributed by atoms with E-state index in [9.17, 15) is 0 Å².